The third-order valence-electron chi connectivity index (χ3n) is 3.48. The molecule has 1 saturated heterocycles. The van der Waals surface area contributed by atoms with E-state index in [0.717, 1.165) is 13.1 Å². The van der Waals surface area contributed by atoms with E-state index in [1.54, 1.807) is 0 Å². The minimum Gasteiger partial charge on any atom is -0.355 e. The van der Waals surface area contributed by atoms with E-state index < -0.39 is 0 Å². The number of carbonyl (C=O) groups is 1. The quantitative estimate of drug-likeness (QED) is 0.728. The number of amides is 1. The molecule has 1 amide bonds. The van der Waals surface area contributed by atoms with Crippen LogP contribution in [0.5, 0.6) is 0 Å². The van der Waals surface area contributed by atoms with Crippen LogP contribution in [0.1, 0.15) is 40.5 Å². The Hall–Kier alpha value is -0.610. The Morgan fingerprint density at radius 3 is 2.65 bits per heavy atom. The van der Waals surface area contributed by atoms with Crippen LogP contribution in [-0.4, -0.2) is 48.6 Å². The molecule has 4 nitrogen and oxygen atoms in total. The molecule has 100 valence electrons. The van der Waals surface area contributed by atoms with Crippen molar-refractivity contribution >= 4 is 5.91 Å². The van der Waals surface area contributed by atoms with Crippen molar-refractivity contribution in [1.82, 2.24) is 15.5 Å². The van der Waals surface area contributed by atoms with Crippen LogP contribution >= 0.6 is 0 Å². The van der Waals surface area contributed by atoms with Crippen LogP contribution in [0.25, 0.3) is 0 Å². The van der Waals surface area contributed by atoms with Gasteiger partial charge < -0.3 is 10.6 Å². The molecule has 0 aromatic carbocycles. The topological polar surface area (TPSA) is 44.4 Å². The first kappa shape index (κ1) is 14.5. The Kier molecular flexibility index (Phi) is 5.92. The van der Waals surface area contributed by atoms with Crippen molar-refractivity contribution in [1.29, 1.82) is 0 Å². The highest BCUT2D eigenvalue weighted by Crippen LogP contribution is 2.12. The molecule has 0 radical (unpaired) electrons. The van der Waals surface area contributed by atoms with E-state index >= 15 is 0 Å². The number of rotatable bonds is 6. The lowest BCUT2D eigenvalue weighted by atomic mass is 10.1. The van der Waals surface area contributed by atoms with Gasteiger partial charge in [-0.25, -0.2) is 0 Å². The minimum absolute atomic E-state index is 0.0441. The molecule has 1 aliphatic rings. The molecular formula is C13H27N3O. The third-order valence-corrected chi connectivity index (χ3v) is 3.48. The molecule has 0 aromatic rings. The summed E-state index contributed by atoms with van der Waals surface area (Å²) in [7, 11) is 0. The second kappa shape index (κ2) is 6.97. The number of nitrogens with zero attached hydrogens (tertiary/aromatic N) is 1. The maximum Gasteiger partial charge on any atom is 0.237 e. The maximum absolute atomic E-state index is 11.9. The molecule has 0 bridgehead atoms. The van der Waals surface area contributed by atoms with Gasteiger partial charge in [0.2, 0.25) is 5.91 Å². The van der Waals surface area contributed by atoms with E-state index in [0.29, 0.717) is 18.6 Å². The van der Waals surface area contributed by atoms with Gasteiger partial charge in [-0.1, -0.05) is 0 Å². The highest BCUT2D eigenvalue weighted by atomic mass is 16.2. The average Bonchev–Trinajstić information content (AvgIpc) is 2.77. The lowest BCUT2D eigenvalue weighted by Crippen LogP contribution is -2.51. The Bertz CT molecular complexity index is 237. The standard InChI is InChI=1S/C13H27N3O/c1-5-14-13(17)11(4)16(10(2)3)9-12-7-6-8-15-12/h10-12,15H,5-9H2,1-4H3,(H,14,17). The molecule has 0 aromatic heterocycles. The molecule has 1 rings (SSSR count). The lowest BCUT2D eigenvalue weighted by Gasteiger charge is -2.33. The van der Waals surface area contributed by atoms with E-state index in [2.05, 4.69) is 29.4 Å². The Balaban J connectivity index is 2.54. The van der Waals surface area contributed by atoms with E-state index in [1.807, 2.05) is 13.8 Å². The van der Waals surface area contributed by atoms with Gasteiger partial charge in [0.15, 0.2) is 0 Å². The number of hydrogen-bond donors (Lipinski definition) is 2. The molecule has 4 heteroatoms. The number of hydrogen-bond acceptors (Lipinski definition) is 3. The molecule has 2 atom stereocenters. The first-order chi connectivity index (χ1) is 8.06. The zero-order chi connectivity index (χ0) is 12.8. The Morgan fingerprint density at radius 2 is 2.18 bits per heavy atom. The molecule has 0 aliphatic carbocycles. The van der Waals surface area contributed by atoms with Crippen LogP contribution < -0.4 is 10.6 Å². The molecule has 1 aliphatic heterocycles. The van der Waals surface area contributed by atoms with Crippen molar-refractivity contribution in [3.63, 3.8) is 0 Å². The van der Waals surface area contributed by atoms with Crippen molar-refractivity contribution in [2.45, 2.75) is 58.7 Å². The fourth-order valence-corrected chi connectivity index (χ4v) is 2.46. The number of carbonyl (C=O) groups excluding carboxylic acids is 1. The van der Waals surface area contributed by atoms with Crippen molar-refractivity contribution in [3.05, 3.63) is 0 Å². The van der Waals surface area contributed by atoms with Gasteiger partial charge in [-0.15, -0.1) is 0 Å². The molecule has 0 saturated carbocycles. The molecular weight excluding hydrogens is 214 g/mol. The van der Waals surface area contributed by atoms with Gasteiger partial charge in [0, 0.05) is 25.2 Å². The zero-order valence-electron chi connectivity index (χ0n) is 11.6. The molecule has 0 spiro atoms. The average molecular weight is 241 g/mol. The van der Waals surface area contributed by atoms with Gasteiger partial charge in [0.05, 0.1) is 6.04 Å². The normalized spacial score (nSPS) is 22.1. The first-order valence-electron chi connectivity index (χ1n) is 6.83. The number of likely N-dealkylation sites (N-methyl/N-ethyl adjacent to an activating group) is 1. The zero-order valence-corrected chi connectivity index (χ0v) is 11.6. The smallest absolute Gasteiger partial charge is 0.237 e. The predicted octanol–water partition coefficient (Wildman–Crippen LogP) is 0.973. The van der Waals surface area contributed by atoms with Crippen LogP contribution in [0.4, 0.5) is 0 Å². The van der Waals surface area contributed by atoms with E-state index in [4.69, 9.17) is 0 Å². The highest BCUT2D eigenvalue weighted by Gasteiger charge is 2.26. The summed E-state index contributed by atoms with van der Waals surface area (Å²) in [5.41, 5.74) is 0. The van der Waals surface area contributed by atoms with Crippen molar-refractivity contribution in [3.8, 4) is 0 Å². The molecule has 2 unspecified atom stereocenters. The van der Waals surface area contributed by atoms with E-state index in [1.165, 1.54) is 12.8 Å². The van der Waals surface area contributed by atoms with Crippen LogP contribution in [0.2, 0.25) is 0 Å². The fourth-order valence-electron chi connectivity index (χ4n) is 2.46. The summed E-state index contributed by atoms with van der Waals surface area (Å²) < 4.78 is 0. The van der Waals surface area contributed by atoms with E-state index in [9.17, 15) is 4.79 Å². The fraction of sp³-hybridized carbons (Fsp3) is 0.923. The molecule has 2 N–H and O–H groups in total. The molecule has 17 heavy (non-hydrogen) atoms. The summed E-state index contributed by atoms with van der Waals surface area (Å²) >= 11 is 0. The third kappa shape index (κ3) is 4.28. The second-order valence-corrected chi connectivity index (χ2v) is 5.15. The van der Waals surface area contributed by atoms with Gasteiger partial charge in [-0.2, -0.15) is 0 Å². The summed E-state index contributed by atoms with van der Waals surface area (Å²) in [6.07, 6.45) is 2.48. The van der Waals surface area contributed by atoms with Crippen LogP contribution in [0.15, 0.2) is 0 Å². The number of nitrogens with one attached hydrogen (secondary N) is 2. The van der Waals surface area contributed by atoms with Gasteiger partial charge in [-0.05, 0) is 47.1 Å². The highest BCUT2D eigenvalue weighted by molar-refractivity contribution is 5.81. The molecule has 1 heterocycles. The van der Waals surface area contributed by atoms with E-state index in [-0.39, 0.29) is 11.9 Å². The lowest BCUT2D eigenvalue weighted by molar-refractivity contribution is -0.126. The van der Waals surface area contributed by atoms with Crippen LogP contribution in [0, 0.1) is 0 Å². The first-order valence-corrected chi connectivity index (χ1v) is 6.83. The monoisotopic (exact) mass is 241 g/mol. The van der Waals surface area contributed by atoms with Crippen molar-refractivity contribution in [2.75, 3.05) is 19.6 Å². The summed E-state index contributed by atoms with van der Waals surface area (Å²) in [6.45, 7) is 11.1. The summed E-state index contributed by atoms with van der Waals surface area (Å²) in [5, 5.41) is 6.40. The van der Waals surface area contributed by atoms with Crippen molar-refractivity contribution < 1.29 is 4.79 Å². The van der Waals surface area contributed by atoms with Crippen LogP contribution in [0.3, 0.4) is 0 Å². The largest absolute Gasteiger partial charge is 0.355 e. The van der Waals surface area contributed by atoms with Crippen molar-refractivity contribution in [2.24, 2.45) is 0 Å². The van der Waals surface area contributed by atoms with Gasteiger partial charge in [-0.3, -0.25) is 9.69 Å². The SMILES string of the molecule is CCNC(=O)C(C)N(CC1CCCN1)C(C)C. The minimum atomic E-state index is -0.0441. The molecule has 1 fully saturated rings. The van der Waals surface area contributed by atoms with Gasteiger partial charge in [0.1, 0.15) is 0 Å². The van der Waals surface area contributed by atoms with Gasteiger partial charge >= 0.3 is 0 Å². The summed E-state index contributed by atoms with van der Waals surface area (Å²) in [6, 6.07) is 0.904. The summed E-state index contributed by atoms with van der Waals surface area (Å²) in [4.78, 5) is 14.2. The Labute approximate surface area is 105 Å². The maximum atomic E-state index is 11.9. The predicted molar refractivity (Wildman–Crippen MR) is 71.0 cm³/mol. The summed E-state index contributed by atoms with van der Waals surface area (Å²) in [5.74, 6) is 0.138. The van der Waals surface area contributed by atoms with Gasteiger partial charge in [0.25, 0.3) is 0 Å². The van der Waals surface area contributed by atoms with Crippen LogP contribution in [-0.2, 0) is 4.79 Å². The second-order valence-electron chi connectivity index (χ2n) is 5.15. The Morgan fingerprint density at radius 1 is 1.47 bits per heavy atom.